The molecule has 0 bridgehead atoms. The first-order chi connectivity index (χ1) is 19.0. The second-order valence-electron chi connectivity index (χ2n) is 9.29. The molecule has 0 aliphatic rings. The minimum absolute atomic E-state index is 0.00436. The second-order valence-corrected chi connectivity index (χ2v) is 11.6. The molecule has 0 radical (unpaired) electrons. The number of rotatable bonds is 12. The van der Waals surface area contributed by atoms with Crippen LogP contribution >= 0.6 is 11.6 Å². The van der Waals surface area contributed by atoms with Crippen molar-refractivity contribution in [3.63, 3.8) is 0 Å². The van der Waals surface area contributed by atoms with Gasteiger partial charge in [-0.1, -0.05) is 48.9 Å². The van der Waals surface area contributed by atoms with Crippen molar-refractivity contribution in [3.8, 4) is 5.75 Å². The molecule has 40 heavy (non-hydrogen) atoms. The first kappa shape index (κ1) is 30.9. The van der Waals surface area contributed by atoms with Crippen LogP contribution in [0.4, 0.5) is 10.1 Å². The number of benzene rings is 3. The molecule has 0 aromatic heterocycles. The van der Waals surface area contributed by atoms with Crippen molar-refractivity contribution < 1.29 is 27.1 Å². The van der Waals surface area contributed by atoms with Gasteiger partial charge in [0.15, 0.2) is 0 Å². The Morgan fingerprint density at radius 1 is 1.02 bits per heavy atom. The molecule has 0 aliphatic carbocycles. The Morgan fingerprint density at radius 2 is 1.68 bits per heavy atom. The summed E-state index contributed by atoms with van der Waals surface area (Å²) in [6.07, 6.45) is 0.694. The predicted molar refractivity (Wildman–Crippen MR) is 153 cm³/mol. The van der Waals surface area contributed by atoms with Crippen molar-refractivity contribution >= 4 is 39.1 Å². The minimum atomic E-state index is -4.28. The normalized spacial score (nSPS) is 12.8. The molecule has 0 heterocycles. The predicted octanol–water partition coefficient (Wildman–Crippen LogP) is 5.02. The van der Waals surface area contributed by atoms with Crippen LogP contribution < -0.4 is 14.4 Å². The van der Waals surface area contributed by atoms with Gasteiger partial charge in [0.05, 0.1) is 22.7 Å². The maximum absolute atomic E-state index is 14.0. The molecule has 3 rings (SSSR count). The van der Waals surface area contributed by atoms with Gasteiger partial charge in [0.2, 0.25) is 11.8 Å². The highest BCUT2D eigenvalue weighted by atomic mass is 35.5. The number of nitrogens with one attached hydrogen (secondary N) is 1. The first-order valence-corrected chi connectivity index (χ1v) is 14.5. The fraction of sp³-hybridized carbons (Fsp3) is 0.310. The van der Waals surface area contributed by atoms with E-state index in [2.05, 4.69) is 5.32 Å². The zero-order chi connectivity index (χ0) is 29.4. The van der Waals surface area contributed by atoms with Crippen molar-refractivity contribution in [2.75, 3.05) is 18.0 Å². The molecular formula is C29H33ClFN3O5S. The highest BCUT2D eigenvalue weighted by molar-refractivity contribution is 7.92. The van der Waals surface area contributed by atoms with Crippen LogP contribution in [0.1, 0.15) is 32.8 Å². The molecule has 214 valence electrons. The number of carbonyl (C=O) groups is 2. The quantitative estimate of drug-likeness (QED) is 0.320. The molecule has 0 saturated heterocycles. The lowest BCUT2D eigenvalue weighted by molar-refractivity contribution is -0.139. The van der Waals surface area contributed by atoms with E-state index >= 15 is 0 Å². The number of hydrogen-bond donors (Lipinski definition) is 1. The molecule has 0 aliphatic heterocycles. The van der Waals surface area contributed by atoms with Gasteiger partial charge < -0.3 is 15.0 Å². The van der Waals surface area contributed by atoms with Crippen LogP contribution in [0.2, 0.25) is 5.02 Å². The van der Waals surface area contributed by atoms with E-state index in [1.165, 1.54) is 30.2 Å². The summed E-state index contributed by atoms with van der Waals surface area (Å²) in [7, 11) is -2.74. The smallest absolute Gasteiger partial charge is 0.264 e. The van der Waals surface area contributed by atoms with Gasteiger partial charge in [-0.15, -0.1) is 0 Å². The number of methoxy groups -OCH3 is 1. The summed E-state index contributed by atoms with van der Waals surface area (Å²) >= 11 is 5.98. The topological polar surface area (TPSA) is 96.0 Å². The van der Waals surface area contributed by atoms with Gasteiger partial charge in [0.25, 0.3) is 10.0 Å². The number of hydrogen-bond acceptors (Lipinski definition) is 5. The average molecular weight is 590 g/mol. The molecule has 0 fully saturated rings. The maximum atomic E-state index is 14.0. The Labute approximate surface area is 239 Å². The Bertz CT molecular complexity index is 1420. The largest absolute Gasteiger partial charge is 0.497 e. The van der Waals surface area contributed by atoms with E-state index in [4.69, 9.17) is 16.3 Å². The highest BCUT2D eigenvalue weighted by Gasteiger charge is 2.33. The molecule has 0 unspecified atom stereocenters. The molecule has 3 aromatic carbocycles. The van der Waals surface area contributed by atoms with E-state index in [0.29, 0.717) is 17.7 Å². The van der Waals surface area contributed by atoms with Gasteiger partial charge in [-0.3, -0.25) is 13.9 Å². The van der Waals surface area contributed by atoms with Gasteiger partial charge >= 0.3 is 0 Å². The summed E-state index contributed by atoms with van der Waals surface area (Å²) in [6, 6.07) is 16.9. The second kappa shape index (κ2) is 13.6. The summed E-state index contributed by atoms with van der Waals surface area (Å²) < 4.78 is 47.5. The van der Waals surface area contributed by atoms with E-state index in [1.807, 2.05) is 13.8 Å². The highest BCUT2D eigenvalue weighted by Crippen LogP contribution is 2.28. The molecule has 8 nitrogen and oxygen atoms in total. The third-order valence-electron chi connectivity index (χ3n) is 6.48. The lowest BCUT2D eigenvalue weighted by Crippen LogP contribution is -2.52. The number of halogens is 2. The molecule has 1 N–H and O–H groups in total. The number of ether oxygens (including phenoxy) is 1. The maximum Gasteiger partial charge on any atom is 0.264 e. The number of amides is 2. The van der Waals surface area contributed by atoms with Crippen LogP contribution in [0.15, 0.2) is 77.7 Å². The van der Waals surface area contributed by atoms with Crippen LogP contribution in [0.5, 0.6) is 5.75 Å². The Hall–Kier alpha value is -3.63. The molecular weight excluding hydrogens is 557 g/mol. The summed E-state index contributed by atoms with van der Waals surface area (Å²) in [6.45, 7) is 4.74. The summed E-state index contributed by atoms with van der Waals surface area (Å²) in [5.74, 6) is -1.12. The zero-order valence-corrected chi connectivity index (χ0v) is 24.4. The van der Waals surface area contributed by atoms with Crippen LogP contribution in [0, 0.1) is 5.82 Å². The SMILES string of the molecule is CC[C@@H](C)NC(=O)[C@H](C)N(Cc1ccc(OC)cc1)C(=O)CN(c1ccc(F)c(Cl)c1)S(=O)(=O)c1ccccc1. The molecule has 0 saturated carbocycles. The van der Waals surface area contributed by atoms with E-state index in [0.717, 1.165) is 16.4 Å². The Morgan fingerprint density at radius 3 is 2.25 bits per heavy atom. The lowest BCUT2D eigenvalue weighted by atomic mass is 10.1. The van der Waals surface area contributed by atoms with Crippen molar-refractivity contribution in [3.05, 3.63) is 89.2 Å². The van der Waals surface area contributed by atoms with E-state index < -0.39 is 34.3 Å². The summed E-state index contributed by atoms with van der Waals surface area (Å²) in [5.41, 5.74) is 0.712. The van der Waals surface area contributed by atoms with Crippen LogP contribution in [-0.2, 0) is 26.2 Å². The average Bonchev–Trinajstić information content (AvgIpc) is 2.96. The number of anilines is 1. The van der Waals surface area contributed by atoms with Gasteiger partial charge in [0, 0.05) is 12.6 Å². The Kier molecular flexibility index (Phi) is 10.5. The van der Waals surface area contributed by atoms with Crippen LogP contribution in [0.3, 0.4) is 0 Å². The van der Waals surface area contributed by atoms with Gasteiger partial charge in [-0.05, 0) is 68.3 Å². The molecule has 0 spiro atoms. The molecule has 2 amide bonds. The third-order valence-corrected chi connectivity index (χ3v) is 8.56. The van der Waals surface area contributed by atoms with E-state index in [9.17, 15) is 22.4 Å². The van der Waals surface area contributed by atoms with Gasteiger partial charge in [0.1, 0.15) is 24.2 Å². The fourth-order valence-electron chi connectivity index (χ4n) is 3.86. The van der Waals surface area contributed by atoms with Gasteiger partial charge in [-0.2, -0.15) is 0 Å². The zero-order valence-electron chi connectivity index (χ0n) is 22.8. The third kappa shape index (κ3) is 7.51. The summed E-state index contributed by atoms with van der Waals surface area (Å²) in [5, 5.41) is 2.58. The number of nitrogens with zero attached hydrogens (tertiary/aromatic N) is 2. The molecule has 11 heteroatoms. The lowest BCUT2D eigenvalue weighted by Gasteiger charge is -2.32. The number of carbonyl (C=O) groups excluding carboxylic acids is 2. The van der Waals surface area contributed by atoms with Crippen molar-refractivity contribution in [1.82, 2.24) is 10.2 Å². The minimum Gasteiger partial charge on any atom is -0.497 e. The van der Waals surface area contributed by atoms with Crippen molar-refractivity contribution in [1.29, 1.82) is 0 Å². The van der Waals surface area contributed by atoms with Crippen LogP contribution in [0.25, 0.3) is 0 Å². The van der Waals surface area contributed by atoms with E-state index in [1.54, 1.807) is 49.4 Å². The molecule has 3 aromatic rings. The first-order valence-electron chi connectivity index (χ1n) is 12.7. The van der Waals surface area contributed by atoms with Gasteiger partial charge in [-0.25, -0.2) is 12.8 Å². The van der Waals surface area contributed by atoms with Crippen molar-refractivity contribution in [2.45, 2.75) is 50.7 Å². The number of sulfonamides is 1. The summed E-state index contributed by atoms with van der Waals surface area (Å²) in [4.78, 5) is 28.2. The Balaban J connectivity index is 2.03. The van der Waals surface area contributed by atoms with Crippen molar-refractivity contribution in [2.24, 2.45) is 0 Å². The monoisotopic (exact) mass is 589 g/mol. The standard InChI is InChI=1S/C29H33ClFN3O5S/c1-5-20(2)32-29(36)21(3)33(18-22-11-14-24(39-4)15-12-22)28(35)19-34(23-13-16-27(31)26(30)17-23)40(37,38)25-9-7-6-8-10-25/h6-17,20-21H,5,18-19H2,1-4H3,(H,32,36)/t20-,21+/m1/s1. The van der Waals surface area contributed by atoms with Crippen LogP contribution in [-0.4, -0.2) is 50.9 Å². The van der Waals surface area contributed by atoms with E-state index in [-0.39, 0.29) is 34.1 Å². The molecule has 2 atom stereocenters. The fourth-order valence-corrected chi connectivity index (χ4v) is 5.47.